The minimum atomic E-state index is -0.807. The molecule has 140 valence electrons. The molecule has 1 saturated heterocycles. The van der Waals surface area contributed by atoms with Crippen LogP contribution in [-0.2, 0) is 13.1 Å². The number of nitrogens with two attached hydrogens (primary N) is 1. The lowest BCUT2D eigenvalue weighted by Crippen LogP contribution is -2.45. The molecule has 0 saturated carbocycles. The van der Waals surface area contributed by atoms with Crippen molar-refractivity contribution in [2.75, 3.05) is 31.9 Å². The van der Waals surface area contributed by atoms with Crippen LogP contribution in [-0.4, -0.2) is 45.9 Å². The van der Waals surface area contributed by atoms with E-state index >= 15 is 0 Å². The van der Waals surface area contributed by atoms with Crippen LogP contribution in [0.2, 0.25) is 0 Å². The number of nitrogens with zero attached hydrogens (tertiary/aromatic N) is 4. The molecule has 0 bridgehead atoms. The van der Waals surface area contributed by atoms with Gasteiger partial charge in [0.05, 0.1) is 12.1 Å². The monoisotopic (exact) mass is 369 g/mol. The van der Waals surface area contributed by atoms with Gasteiger partial charge in [0.1, 0.15) is 11.6 Å². The van der Waals surface area contributed by atoms with E-state index in [1.165, 1.54) is 12.1 Å². The van der Waals surface area contributed by atoms with Gasteiger partial charge in [0.2, 0.25) is 0 Å². The largest absolute Gasteiger partial charge is 0.383 e. The molecule has 0 aliphatic carbocycles. The number of anilines is 1. The summed E-state index contributed by atoms with van der Waals surface area (Å²) in [5, 5.41) is 0.873. The first-order chi connectivity index (χ1) is 13.1. The van der Waals surface area contributed by atoms with Gasteiger partial charge in [-0.1, -0.05) is 18.2 Å². The Kier molecular flexibility index (Phi) is 4.96. The number of hydrogen-bond donors (Lipinski definition) is 1. The van der Waals surface area contributed by atoms with Crippen LogP contribution in [0.15, 0.2) is 42.5 Å². The molecule has 1 aliphatic rings. The van der Waals surface area contributed by atoms with Crippen LogP contribution >= 0.6 is 0 Å². The van der Waals surface area contributed by atoms with Crippen molar-refractivity contribution in [2.24, 2.45) is 0 Å². The van der Waals surface area contributed by atoms with Crippen LogP contribution in [0.4, 0.5) is 14.6 Å². The van der Waals surface area contributed by atoms with Crippen molar-refractivity contribution >= 4 is 16.7 Å². The highest BCUT2D eigenvalue weighted by Gasteiger charge is 2.19. The number of nitrogen functional groups attached to an aromatic ring is 1. The van der Waals surface area contributed by atoms with Crippen LogP contribution in [0.25, 0.3) is 10.9 Å². The van der Waals surface area contributed by atoms with Gasteiger partial charge in [-0.3, -0.25) is 9.80 Å². The normalized spacial score (nSPS) is 16.1. The van der Waals surface area contributed by atoms with E-state index in [0.717, 1.165) is 48.5 Å². The van der Waals surface area contributed by atoms with Crippen LogP contribution in [0.3, 0.4) is 0 Å². The van der Waals surface area contributed by atoms with E-state index in [1.807, 2.05) is 24.3 Å². The summed E-state index contributed by atoms with van der Waals surface area (Å²) in [7, 11) is 0. The molecular weight excluding hydrogens is 348 g/mol. The quantitative estimate of drug-likeness (QED) is 0.766. The van der Waals surface area contributed by atoms with Gasteiger partial charge in [0.25, 0.3) is 0 Å². The SMILES string of the molecule is Nc1nc(CN2CCN(Cc3ccc(F)c(F)c3)CC2)nc2ccccc12. The van der Waals surface area contributed by atoms with Crippen molar-refractivity contribution in [3.8, 4) is 0 Å². The molecule has 0 amide bonds. The number of fused-ring (bicyclic) bond motifs is 1. The molecule has 2 heterocycles. The molecule has 0 atom stereocenters. The molecule has 7 heteroatoms. The molecule has 27 heavy (non-hydrogen) atoms. The zero-order chi connectivity index (χ0) is 18.8. The molecule has 2 aromatic carbocycles. The molecule has 5 nitrogen and oxygen atoms in total. The average molecular weight is 369 g/mol. The van der Waals surface area contributed by atoms with Crippen molar-refractivity contribution in [1.82, 2.24) is 19.8 Å². The van der Waals surface area contributed by atoms with Crippen LogP contribution in [0, 0.1) is 11.6 Å². The Morgan fingerprint density at radius 2 is 1.56 bits per heavy atom. The van der Waals surface area contributed by atoms with Gasteiger partial charge in [-0.05, 0) is 29.8 Å². The summed E-state index contributed by atoms with van der Waals surface area (Å²) in [4.78, 5) is 13.6. The van der Waals surface area contributed by atoms with E-state index in [0.29, 0.717) is 18.9 Å². The summed E-state index contributed by atoms with van der Waals surface area (Å²) >= 11 is 0. The first kappa shape index (κ1) is 17.8. The number of piperazine rings is 1. The molecule has 0 unspecified atom stereocenters. The highest BCUT2D eigenvalue weighted by molar-refractivity contribution is 5.87. The number of aromatic nitrogens is 2. The predicted molar refractivity (Wildman–Crippen MR) is 101 cm³/mol. The Hall–Kier alpha value is -2.64. The van der Waals surface area contributed by atoms with E-state index in [9.17, 15) is 8.78 Å². The van der Waals surface area contributed by atoms with Crippen LogP contribution < -0.4 is 5.73 Å². The maximum absolute atomic E-state index is 13.4. The molecule has 2 N–H and O–H groups in total. The molecule has 3 aromatic rings. The minimum Gasteiger partial charge on any atom is -0.383 e. The number of benzene rings is 2. The lowest BCUT2D eigenvalue weighted by atomic mass is 10.2. The van der Waals surface area contributed by atoms with Crippen molar-refractivity contribution in [3.63, 3.8) is 0 Å². The molecule has 0 radical (unpaired) electrons. The van der Waals surface area contributed by atoms with E-state index in [1.54, 1.807) is 6.07 Å². The van der Waals surface area contributed by atoms with Crippen molar-refractivity contribution in [2.45, 2.75) is 13.1 Å². The van der Waals surface area contributed by atoms with Crippen LogP contribution in [0.5, 0.6) is 0 Å². The maximum atomic E-state index is 13.4. The first-order valence-electron chi connectivity index (χ1n) is 8.98. The lowest BCUT2D eigenvalue weighted by Gasteiger charge is -2.34. The van der Waals surface area contributed by atoms with Gasteiger partial charge >= 0.3 is 0 Å². The summed E-state index contributed by atoms with van der Waals surface area (Å²) in [5.74, 6) is -0.372. The summed E-state index contributed by atoms with van der Waals surface area (Å²) < 4.78 is 26.4. The highest BCUT2D eigenvalue weighted by Crippen LogP contribution is 2.18. The van der Waals surface area contributed by atoms with Gasteiger partial charge in [-0.25, -0.2) is 18.7 Å². The number of para-hydroxylation sites is 1. The topological polar surface area (TPSA) is 58.3 Å². The Morgan fingerprint density at radius 1 is 0.852 bits per heavy atom. The third kappa shape index (κ3) is 4.04. The van der Waals surface area contributed by atoms with Crippen molar-refractivity contribution < 1.29 is 8.78 Å². The zero-order valence-electron chi connectivity index (χ0n) is 14.9. The second-order valence-corrected chi connectivity index (χ2v) is 6.84. The minimum absolute atomic E-state index is 0.507. The van der Waals surface area contributed by atoms with Gasteiger partial charge in [-0.2, -0.15) is 0 Å². The fourth-order valence-corrected chi connectivity index (χ4v) is 3.42. The second kappa shape index (κ2) is 7.54. The standard InChI is InChI=1S/C20H21F2N5/c21-16-6-5-14(11-17(16)22)12-26-7-9-27(10-8-26)13-19-24-18-4-2-1-3-15(18)20(23)25-19/h1-6,11H,7-10,12-13H2,(H2,23,24,25). The second-order valence-electron chi connectivity index (χ2n) is 6.84. The fourth-order valence-electron chi connectivity index (χ4n) is 3.42. The average Bonchev–Trinajstić information content (AvgIpc) is 2.66. The smallest absolute Gasteiger partial charge is 0.159 e. The molecule has 1 fully saturated rings. The third-order valence-electron chi connectivity index (χ3n) is 4.90. The van der Waals surface area contributed by atoms with Gasteiger partial charge in [0.15, 0.2) is 11.6 Å². The van der Waals surface area contributed by atoms with E-state index in [4.69, 9.17) is 5.73 Å². The summed E-state index contributed by atoms with van der Waals surface area (Å²) in [6, 6.07) is 11.8. The zero-order valence-corrected chi connectivity index (χ0v) is 14.9. The van der Waals surface area contributed by atoms with Crippen molar-refractivity contribution in [1.29, 1.82) is 0 Å². The Balaban J connectivity index is 1.36. The number of hydrogen-bond acceptors (Lipinski definition) is 5. The Bertz CT molecular complexity index is 954. The molecule has 1 aliphatic heterocycles. The van der Waals surface area contributed by atoms with E-state index < -0.39 is 11.6 Å². The van der Waals surface area contributed by atoms with Gasteiger partial charge in [-0.15, -0.1) is 0 Å². The van der Waals surface area contributed by atoms with E-state index in [2.05, 4.69) is 19.8 Å². The van der Waals surface area contributed by atoms with Crippen molar-refractivity contribution in [3.05, 3.63) is 65.5 Å². The Labute approximate surface area is 156 Å². The maximum Gasteiger partial charge on any atom is 0.159 e. The highest BCUT2D eigenvalue weighted by atomic mass is 19.2. The molecule has 1 aromatic heterocycles. The molecule has 4 rings (SSSR count). The number of rotatable bonds is 4. The Morgan fingerprint density at radius 3 is 2.30 bits per heavy atom. The molecular formula is C20H21F2N5. The predicted octanol–water partition coefficient (Wildman–Crippen LogP) is 2.81. The van der Waals surface area contributed by atoms with Gasteiger partial charge < -0.3 is 5.73 Å². The summed E-state index contributed by atoms with van der Waals surface area (Å²) in [6.07, 6.45) is 0. The fraction of sp³-hybridized carbons (Fsp3) is 0.300. The lowest BCUT2D eigenvalue weighted by molar-refractivity contribution is 0.120. The number of halogens is 2. The summed E-state index contributed by atoms with van der Waals surface area (Å²) in [5.41, 5.74) is 7.70. The molecule has 0 spiro atoms. The van der Waals surface area contributed by atoms with E-state index in [-0.39, 0.29) is 0 Å². The summed E-state index contributed by atoms with van der Waals surface area (Å²) in [6.45, 7) is 4.68. The first-order valence-corrected chi connectivity index (χ1v) is 8.98. The van der Waals surface area contributed by atoms with Gasteiger partial charge in [0, 0.05) is 38.1 Å². The van der Waals surface area contributed by atoms with Crippen LogP contribution in [0.1, 0.15) is 11.4 Å². The third-order valence-corrected chi connectivity index (χ3v) is 4.90.